The van der Waals surface area contributed by atoms with Gasteiger partial charge in [0.05, 0.1) is 0 Å². The zero-order chi connectivity index (χ0) is 8.48. The summed E-state index contributed by atoms with van der Waals surface area (Å²) in [5, 5.41) is 1.57. The molecule has 0 aliphatic rings. The Kier molecular flexibility index (Phi) is 4.02. The Bertz CT molecular complexity index is 221. The van der Waals surface area contributed by atoms with E-state index in [2.05, 4.69) is 0 Å². The molecule has 6 heteroatoms. The van der Waals surface area contributed by atoms with Crippen LogP contribution in [0.1, 0.15) is 10.9 Å². The zero-order valence-corrected chi connectivity index (χ0v) is 7.47. The Hall–Kier alpha value is -0.260. The molecular weight excluding hydrogens is 211 g/mol. The first-order valence-electron chi connectivity index (χ1n) is 2.87. The van der Waals surface area contributed by atoms with Crippen molar-refractivity contribution < 1.29 is 13.2 Å². The molecule has 0 saturated carbocycles. The topological polar surface area (TPSA) is 26.0 Å². The fourth-order valence-corrected chi connectivity index (χ4v) is 1.38. The molecule has 0 bridgehead atoms. The molecule has 0 unspecified atom stereocenters. The molecule has 70 valence electrons. The van der Waals surface area contributed by atoms with Gasteiger partial charge in [0.2, 0.25) is 0 Å². The average molecular weight is 218 g/mol. The van der Waals surface area contributed by atoms with Gasteiger partial charge in [0, 0.05) is 4.88 Å². The van der Waals surface area contributed by atoms with Gasteiger partial charge in [-0.15, -0.1) is 23.7 Å². The lowest BCUT2D eigenvalue weighted by Gasteiger charge is -2.12. The maximum absolute atomic E-state index is 11.9. The maximum Gasteiger partial charge on any atom is 0.408 e. The van der Waals surface area contributed by atoms with E-state index in [4.69, 9.17) is 5.73 Å². The number of hydrogen-bond donors (Lipinski definition) is 1. The lowest BCUT2D eigenvalue weighted by Crippen LogP contribution is -2.27. The number of thiophene rings is 1. The predicted octanol–water partition coefficient (Wildman–Crippen LogP) is 2.73. The van der Waals surface area contributed by atoms with Gasteiger partial charge in [-0.05, 0) is 11.4 Å². The van der Waals surface area contributed by atoms with Crippen LogP contribution in [0.25, 0.3) is 0 Å². The van der Waals surface area contributed by atoms with Gasteiger partial charge in [-0.1, -0.05) is 6.07 Å². The van der Waals surface area contributed by atoms with E-state index in [0.717, 1.165) is 11.3 Å². The fraction of sp³-hybridized carbons (Fsp3) is 0.333. The largest absolute Gasteiger partial charge is 0.408 e. The highest BCUT2D eigenvalue weighted by Crippen LogP contribution is 2.32. The molecule has 12 heavy (non-hydrogen) atoms. The van der Waals surface area contributed by atoms with Gasteiger partial charge in [-0.3, -0.25) is 0 Å². The molecular formula is C6H7ClF3NS. The zero-order valence-electron chi connectivity index (χ0n) is 5.84. The summed E-state index contributed by atoms with van der Waals surface area (Å²) >= 11 is 1.01. The Morgan fingerprint density at radius 3 is 2.33 bits per heavy atom. The summed E-state index contributed by atoms with van der Waals surface area (Å²) in [6.45, 7) is 0. The minimum Gasteiger partial charge on any atom is -0.316 e. The summed E-state index contributed by atoms with van der Waals surface area (Å²) in [7, 11) is 0. The third kappa shape index (κ3) is 2.66. The summed E-state index contributed by atoms with van der Waals surface area (Å²) in [6.07, 6.45) is -4.33. The van der Waals surface area contributed by atoms with Gasteiger partial charge in [-0.2, -0.15) is 13.2 Å². The highest BCUT2D eigenvalue weighted by atomic mass is 35.5. The molecule has 0 radical (unpaired) electrons. The quantitative estimate of drug-likeness (QED) is 0.769. The van der Waals surface area contributed by atoms with E-state index in [1.807, 2.05) is 0 Å². The van der Waals surface area contributed by atoms with Crippen LogP contribution in [-0.4, -0.2) is 6.18 Å². The predicted molar refractivity (Wildman–Crippen MR) is 44.6 cm³/mol. The molecule has 0 spiro atoms. The molecule has 0 saturated heterocycles. The Morgan fingerprint density at radius 1 is 1.42 bits per heavy atom. The molecule has 1 aromatic rings. The van der Waals surface area contributed by atoms with E-state index in [9.17, 15) is 13.2 Å². The molecule has 1 rings (SSSR count). The second kappa shape index (κ2) is 4.11. The summed E-state index contributed by atoms with van der Waals surface area (Å²) < 4.78 is 35.7. The average Bonchev–Trinajstić information content (AvgIpc) is 2.34. The van der Waals surface area contributed by atoms with E-state index < -0.39 is 12.2 Å². The highest BCUT2D eigenvalue weighted by Gasteiger charge is 2.38. The summed E-state index contributed by atoms with van der Waals surface area (Å²) in [4.78, 5) is 0.150. The smallest absolute Gasteiger partial charge is 0.316 e. The number of halogens is 4. The van der Waals surface area contributed by atoms with Crippen molar-refractivity contribution in [1.82, 2.24) is 0 Å². The van der Waals surface area contributed by atoms with Gasteiger partial charge < -0.3 is 5.73 Å². The molecule has 1 atom stereocenters. The van der Waals surface area contributed by atoms with Crippen molar-refractivity contribution in [3.63, 3.8) is 0 Å². The molecule has 0 fully saturated rings. The Morgan fingerprint density at radius 2 is 2.00 bits per heavy atom. The van der Waals surface area contributed by atoms with Crippen molar-refractivity contribution in [2.24, 2.45) is 5.73 Å². The Balaban J connectivity index is 0.00000121. The van der Waals surface area contributed by atoms with Crippen LogP contribution in [0.4, 0.5) is 13.2 Å². The van der Waals surface area contributed by atoms with Gasteiger partial charge in [0.25, 0.3) is 0 Å². The van der Waals surface area contributed by atoms with Crippen molar-refractivity contribution in [3.8, 4) is 0 Å². The molecule has 1 aromatic heterocycles. The third-order valence-corrected chi connectivity index (χ3v) is 2.16. The van der Waals surface area contributed by atoms with Crippen LogP contribution in [0.5, 0.6) is 0 Å². The van der Waals surface area contributed by atoms with Crippen LogP contribution in [0.2, 0.25) is 0 Å². The van der Waals surface area contributed by atoms with Crippen LogP contribution in [0.15, 0.2) is 17.5 Å². The van der Waals surface area contributed by atoms with E-state index >= 15 is 0 Å². The fourth-order valence-electron chi connectivity index (χ4n) is 0.630. The summed E-state index contributed by atoms with van der Waals surface area (Å²) in [5.74, 6) is 0. The second-order valence-corrected chi connectivity index (χ2v) is 3.01. The van der Waals surface area contributed by atoms with Crippen molar-refractivity contribution in [2.75, 3.05) is 0 Å². The monoisotopic (exact) mass is 217 g/mol. The normalized spacial score (nSPS) is 13.7. The lowest BCUT2D eigenvalue weighted by molar-refractivity contribution is -0.148. The summed E-state index contributed by atoms with van der Waals surface area (Å²) in [5.41, 5.74) is 4.90. The van der Waals surface area contributed by atoms with Crippen molar-refractivity contribution in [3.05, 3.63) is 22.4 Å². The van der Waals surface area contributed by atoms with E-state index in [1.54, 1.807) is 11.4 Å². The number of nitrogens with two attached hydrogens (primary N) is 1. The van der Waals surface area contributed by atoms with Gasteiger partial charge in [0.1, 0.15) is 6.04 Å². The van der Waals surface area contributed by atoms with Crippen LogP contribution in [0, 0.1) is 0 Å². The highest BCUT2D eigenvalue weighted by molar-refractivity contribution is 7.10. The number of rotatable bonds is 1. The summed E-state index contributed by atoms with van der Waals surface area (Å²) in [6, 6.07) is 1.09. The minimum absolute atomic E-state index is 0. The number of hydrogen-bond acceptors (Lipinski definition) is 2. The lowest BCUT2D eigenvalue weighted by atomic mass is 10.2. The molecule has 0 aromatic carbocycles. The standard InChI is InChI=1S/C6H6F3NS.ClH/c7-6(8,9)5(10)4-2-1-3-11-4;/h1-3,5H,10H2;1H/t5-;/m0./s1. The van der Waals surface area contributed by atoms with E-state index in [-0.39, 0.29) is 17.3 Å². The van der Waals surface area contributed by atoms with Crippen LogP contribution in [0.3, 0.4) is 0 Å². The van der Waals surface area contributed by atoms with Crippen LogP contribution < -0.4 is 5.73 Å². The van der Waals surface area contributed by atoms with Gasteiger partial charge in [-0.25, -0.2) is 0 Å². The Labute approximate surface area is 77.8 Å². The maximum atomic E-state index is 11.9. The number of alkyl halides is 3. The van der Waals surface area contributed by atoms with E-state index in [1.165, 1.54) is 6.07 Å². The van der Waals surface area contributed by atoms with Crippen molar-refractivity contribution in [1.29, 1.82) is 0 Å². The first-order valence-corrected chi connectivity index (χ1v) is 3.75. The minimum atomic E-state index is -4.33. The molecule has 1 heterocycles. The molecule has 0 aliphatic heterocycles. The molecule has 1 nitrogen and oxygen atoms in total. The van der Waals surface area contributed by atoms with Crippen LogP contribution in [-0.2, 0) is 0 Å². The SMILES string of the molecule is Cl.N[C@@H](c1cccs1)C(F)(F)F. The molecule has 0 amide bonds. The third-order valence-electron chi connectivity index (χ3n) is 1.20. The first-order chi connectivity index (χ1) is 5.02. The van der Waals surface area contributed by atoms with E-state index in [0.29, 0.717) is 0 Å². The molecule has 0 aliphatic carbocycles. The van der Waals surface area contributed by atoms with Crippen molar-refractivity contribution in [2.45, 2.75) is 12.2 Å². The first kappa shape index (κ1) is 11.7. The second-order valence-electron chi connectivity index (χ2n) is 2.03. The van der Waals surface area contributed by atoms with Crippen LogP contribution >= 0.6 is 23.7 Å². The van der Waals surface area contributed by atoms with Crippen molar-refractivity contribution >= 4 is 23.7 Å². The van der Waals surface area contributed by atoms with Gasteiger partial charge in [0.15, 0.2) is 0 Å². The van der Waals surface area contributed by atoms with Gasteiger partial charge >= 0.3 is 6.18 Å². The molecule has 2 N–H and O–H groups in total.